The Morgan fingerprint density at radius 3 is 2.60 bits per heavy atom. The lowest BCUT2D eigenvalue weighted by molar-refractivity contribution is 0.473. The number of hydrogen-bond donors (Lipinski definition) is 1. The van der Waals surface area contributed by atoms with Gasteiger partial charge in [0, 0.05) is 5.56 Å². The normalized spacial score (nSPS) is 9.30. The summed E-state index contributed by atoms with van der Waals surface area (Å²) >= 11 is 0. The number of aromatic hydroxyl groups is 1. The third kappa shape index (κ3) is 1.03. The Hall–Kier alpha value is -1.24. The van der Waals surface area contributed by atoms with Gasteiger partial charge in [-0.2, -0.15) is 0 Å². The smallest absolute Gasteiger partial charge is 0.123 e. The Labute approximate surface area is 60.6 Å². The first-order valence-electron chi connectivity index (χ1n) is 3.16. The van der Waals surface area contributed by atoms with Gasteiger partial charge in [-0.15, -0.1) is 0 Å². The van der Waals surface area contributed by atoms with E-state index in [9.17, 15) is 5.11 Å². The van der Waals surface area contributed by atoms with Crippen LogP contribution in [0.4, 0.5) is 0 Å². The summed E-state index contributed by atoms with van der Waals surface area (Å²) in [4.78, 5) is 0. The van der Waals surface area contributed by atoms with Crippen LogP contribution in [0.3, 0.4) is 0 Å². The van der Waals surface area contributed by atoms with Crippen LogP contribution in [0.1, 0.15) is 11.1 Å². The second-order valence-corrected chi connectivity index (χ2v) is 2.21. The molecule has 0 bridgehead atoms. The maximum absolute atomic E-state index is 9.22. The SMILES string of the molecule is C=Cc1c(C)cccc1O. The first kappa shape index (κ1) is 6.87. The molecule has 0 saturated heterocycles. The van der Waals surface area contributed by atoms with Crippen LogP contribution >= 0.6 is 0 Å². The van der Waals surface area contributed by atoms with Crippen molar-refractivity contribution in [2.24, 2.45) is 0 Å². The Balaban J connectivity index is 3.30. The highest BCUT2D eigenvalue weighted by Gasteiger charge is 1.97. The largest absolute Gasteiger partial charge is 0.507 e. The highest BCUT2D eigenvalue weighted by Crippen LogP contribution is 2.20. The van der Waals surface area contributed by atoms with Gasteiger partial charge >= 0.3 is 0 Å². The predicted octanol–water partition coefficient (Wildman–Crippen LogP) is 2.34. The molecule has 0 unspecified atom stereocenters. The van der Waals surface area contributed by atoms with E-state index in [1.54, 1.807) is 12.1 Å². The fraction of sp³-hybridized carbons (Fsp3) is 0.111. The van der Waals surface area contributed by atoms with Crippen LogP contribution in [-0.2, 0) is 0 Å². The van der Waals surface area contributed by atoms with E-state index >= 15 is 0 Å². The van der Waals surface area contributed by atoms with E-state index in [0.717, 1.165) is 11.1 Å². The van der Waals surface area contributed by atoms with Crippen LogP contribution in [0.25, 0.3) is 6.08 Å². The maximum atomic E-state index is 9.22. The molecule has 0 aliphatic carbocycles. The molecule has 0 aromatic heterocycles. The monoisotopic (exact) mass is 134 g/mol. The van der Waals surface area contributed by atoms with E-state index in [1.165, 1.54) is 0 Å². The van der Waals surface area contributed by atoms with Crippen molar-refractivity contribution in [1.29, 1.82) is 0 Å². The van der Waals surface area contributed by atoms with Gasteiger partial charge in [-0.25, -0.2) is 0 Å². The van der Waals surface area contributed by atoms with Gasteiger partial charge in [0.2, 0.25) is 0 Å². The molecule has 1 aromatic rings. The second kappa shape index (κ2) is 2.56. The molecule has 1 heteroatoms. The van der Waals surface area contributed by atoms with Crippen molar-refractivity contribution in [3.05, 3.63) is 35.9 Å². The van der Waals surface area contributed by atoms with Gasteiger partial charge < -0.3 is 5.11 Å². The molecule has 52 valence electrons. The van der Waals surface area contributed by atoms with Crippen LogP contribution in [0, 0.1) is 6.92 Å². The zero-order chi connectivity index (χ0) is 7.56. The van der Waals surface area contributed by atoms with Crippen LogP contribution in [0.5, 0.6) is 5.75 Å². The van der Waals surface area contributed by atoms with E-state index in [-0.39, 0.29) is 0 Å². The van der Waals surface area contributed by atoms with Crippen LogP contribution < -0.4 is 0 Å². The Morgan fingerprint density at radius 1 is 1.50 bits per heavy atom. The molecule has 0 radical (unpaired) electrons. The zero-order valence-electron chi connectivity index (χ0n) is 5.96. The lowest BCUT2D eigenvalue weighted by atomic mass is 10.1. The molecular formula is C9H10O. The molecule has 0 heterocycles. The van der Waals surface area contributed by atoms with E-state index in [1.807, 2.05) is 19.1 Å². The van der Waals surface area contributed by atoms with Gasteiger partial charge in [0.25, 0.3) is 0 Å². The molecule has 0 amide bonds. The molecule has 1 N–H and O–H groups in total. The van der Waals surface area contributed by atoms with Crippen molar-refractivity contribution in [2.75, 3.05) is 0 Å². The Morgan fingerprint density at radius 2 is 2.20 bits per heavy atom. The maximum Gasteiger partial charge on any atom is 0.123 e. The molecule has 1 nitrogen and oxygen atoms in total. The quantitative estimate of drug-likeness (QED) is 0.625. The molecule has 1 aromatic carbocycles. The summed E-state index contributed by atoms with van der Waals surface area (Å²) in [5.74, 6) is 0.301. The lowest BCUT2D eigenvalue weighted by Gasteiger charge is -2.00. The average Bonchev–Trinajstić information content (AvgIpc) is 1.88. The lowest BCUT2D eigenvalue weighted by Crippen LogP contribution is -1.78. The van der Waals surface area contributed by atoms with Gasteiger partial charge in [0.1, 0.15) is 5.75 Å². The highest BCUT2D eigenvalue weighted by atomic mass is 16.3. The number of aryl methyl sites for hydroxylation is 1. The summed E-state index contributed by atoms with van der Waals surface area (Å²) in [7, 11) is 0. The van der Waals surface area contributed by atoms with Crippen molar-refractivity contribution in [3.8, 4) is 5.75 Å². The van der Waals surface area contributed by atoms with E-state index in [2.05, 4.69) is 6.58 Å². The van der Waals surface area contributed by atoms with E-state index < -0.39 is 0 Å². The van der Waals surface area contributed by atoms with Gasteiger partial charge in [0.05, 0.1) is 0 Å². The molecule has 10 heavy (non-hydrogen) atoms. The molecule has 1 rings (SSSR count). The minimum absolute atomic E-state index is 0.301. The van der Waals surface area contributed by atoms with Gasteiger partial charge in [0.15, 0.2) is 0 Å². The van der Waals surface area contributed by atoms with Crippen LogP contribution in [0.15, 0.2) is 24.8 Å². The van der Waals surface area contributed by atoms with Gasteiger partial charge in [-0.05, 0) is 18.6 Å². The molecule has 0 fully saturated rings. The van der Waals surface area contributed by atoms with Crippen LogP contribution in [0.2, 0.25) is 0 Å². The van der Waals surface area contributed by atoms with Crippen molar-refractivity contribution in [3.63, 3.8) is 0 Å². The van der Waals surface area contributed by atoms with Crippen molar-refractivity contribution in [2.45, 2.75) is 6.92 Å². The minimum atomic E-state index is 0.301. The summed E-state index contributed by atoms with van der Waals surface area (Å²) < 4.78 is 0. The number of rotatable bonds is 1. The summed E-state index contributed by atoms with van der Waals surface area (Å²) in [6.07, 6.45) is 1.66. The number of phenolic OH excluding ortho intramolecular Hbond substituents is 1. The first-order chi connectivity index (χ1) is 4.75. The zero-order valence-corrected chi connectivity index (χ0v) is 5.96. The molecular weight excluding hydrogens is 124 g/mol. The van der Waals surface area contributed by atoms with E-state index in [0.29, 0.717) is 5.75 Å². The predicted molar refractivity (Wildman–Crippen MR) is 42.9 cm³/mol. The molecule has 0 aliphatic heterocycles. The van der Waals surface area contributed by atoms with Crippen molar-refractivity contribution < 1.29 is 5.11 Å². The first-order valence-corrected chi connectivity index (χ1v) is 3.16. The summed E-state index contributed by atoms with van der Waals surface area (Å²) in [6, 6.07) is 5.42. The van der Waals surface area contributed by atoms with Gasteiger partial charge in [-0.3, -0.25) is 0 Å². The fourth-order valence-electron chi connectivity index (χ4n) is 0.931. The minimum Gasteiger partial charge on any atom is -0.507 e. The molecule has 0 aliphatic rings. The average molecular weight is 134 g/mol. The highest BCUT2D eigenvalue weighted by molar-refractivity contribution is 5.58. The number of benzene rings is 1. The topological polar surface area (TPSA) is 20.2 Å². The van der Waals surface area contributed by atoms with Crippen LogP contribution in [-0.4, -0.2) is 5.11 Å². The third-order valence-corrected chi connectivity index (χ3v) is 1.51. The summed E-state index contributed by atoms with van der Waals surface area (Å²) in [6.45, 7) is 5.53. The van der Waals surface area contributed by atoms with Crippen molar-refractivity contribution >= 4 is 6.08 Å². The van der Waals surface area contributed by atoms with Crippen molar-refractivity contribution in [1.82, 2.24) is 0 Å². The number of phenols is 1. The summed E-state index contributed by atoms with van der Waals surface area (Å²) in [5, 5.41) is 9.22. The third-order valence-electron chi connectivity index (χ3n) is 1.51. The second-order valence-electron chi connectivity index (χ2n) is 2.21. The summed E-state index contributed by atoms with van der Waals surface area (Å²) in [5.41, 5.74) is 1.87. The standard InChI is InChI=1S/C9H10O/c1-3-8-7(2)5-4-6-9(8)10/h3-6,10H,1H2,2H3. The Kier molecular flexibility index (Phi) is 1.76. The fourth-order valence-corrected chi connectivity index (χ4v) is 0.931. The Bertz CT molecular complexity index is 231. The molecule has 0 saturated carbocycles. The number of hydrogen-bond acceptors (Lipinski definition) is 1. The van der Waals surface area contributed by atoms with E-state index in [4.69, 9.17) is 0 Å². The molecule has 0 spiro atoms. The molecule has 0 atom stereocenters. The van der Waals surface area contributed by atoms with Gasteiger partial charge in [-0.1, -0.05) is 24.8 Å².